The van der Waals surface area contributed by atoms with Gasteiger partial charge in [0.15, 0.2) is 6.61 Å². The third-order valence-corrected chi connectivity index (χ3v) is 6.21. The molecule has 0 saturated carbocycles. The maximum Gasteiger partial charge on any atom is 0.262 e. The molecule has 2 N–H and O–H groups in total. The quantitative estimate of drug-likeness (QED) is 0.713. The fraction of sp³-hybridized carbons (Fsp3) is 0.429. The molecule has 2 amide bonds. The summed E-state index contributed by atoms with van der Waals surface area (Å²) in [6.07, 6.45) is 0. The highest BCUT2D eigenvalue weighted by Gasteiger charge is 2.29. The van der Waals surface area contributed by atoms with E-state index < -0.39 is 10.0 Å². The number of hydrogen-bond donors (Lipinski definition) is 2. The summed E-state index contributed by atoms with van der Waals surface area (Å²) >= 11 is 3.21. The van der Waals surface area contributed by atoms with Gasteiger partial charge >= 0.3 is 0 Å². The minimum absolute atomic E-state index is 0.0245. The van der Waals surface area contributed by atoms with Crippen molar-refractivity contribution in [2.45, 2.75) is 18.7 Å². The van der Waals surface area contributed by atoms with Crippen molar-refractivity contribution in [3.63, 3.8) is 0 Å². The van der Waals surface area contributed by atoms with Gasteiger partial charge in [-0.1, -0.05) is 6.92 Å². The van der Waals surface area contributed by atoms with Gasteiger partial charge in [-0.05, 0) is 28.9 Å². The van der Waals surface area contributed by atoms with E-state index in [0.29, 0.717) is 12.2 Å². The number of halogens is 1. The first-order valence-corrected chi connectivity index (χ1v) is 9.56. The summed E-state index contributed by atoms with van der Waals surface area (Å²) in [7, 11) is -3.91. The molecule has 0 bridgehead atoms. The van der Waals surface area contributed by atoms with Gasteiger partial charge in [0.25, 0.3) is 5.91 Å². The maximum atomic E-state index is 12.8. The van der Waals surface area contributed by atoms with Crippen molar-refractivity contribution in [2.24, 2.45) is 0 Å². The number of anilines is 1. The predicted molar refractivity (Wildman–Crippen MR) is 91.4 cm³/mol. The average molecular weight is 420 g/mol. The van der Waals surface area contributed by atoms with Crippen molar-refractivity contribution in [2.75, 3.05) is 31.6 Å². The molecule has 1 aliphatic rings. The summed E-state index contributed by atoms with van der Waals surface area (Å²) in [4.78, 5) is 23.1. The number of amides is 2. The summed E-state index contributed by atoms with van der Waals surface area (Å²) in [6.45, 7) is 3.53. The van der Waals surface area contributed by atoms with E-state index in [1.165, 1.54) is 12.1 Å². The van der Waals surface area contributed by atoms with Gasteiger partial charge in [-0.25, -0.2) is 8.42 Å². The van der Waals surface area contributed by atoms with E-state index in [1.54, 1.807) is 13.8 Å². The van der Waals surface area contributed by atoms with Crippen molar-refractivity contribution >= 4 is 43.5 Å². The predicted octanol–water partition coefficient (Wildman–Crippen LogP) is 0.927. The zero-order valence-electron chi connectivity index (χ0n) is 13.3. The number of carbonyl (C=O) groups excluding carboxylic acids is 2. The Morgan fingerprint density at radius 1 is 1.42 bits per heavy atom. The van der Waals surface area contributed by atoms with Gasteiger partial charge in [-0.3, -0.25) is 9.59 Å². The molecule has 1 heterocycles. The molecular formula is C14H18BrN3O5S. The molecule has 0 radical (unpaired) electrons. The highest BCUT2D eigenvalue weighted by Crippen LogP contribution is 2.36. The molecule has 24 heavy (non-hydrogen) atoms. The largest absolute Gasteiger partial charge is 0.482 e. The normalized spacial score (nSPS) is 13.9. The van der Waals surface area contributed by atoms with Crippen LogP contribution >= 0.6 is 15.9 Å². The summed E-state index contributed by atoms with van der Waals surface area (Å²) in [6, 6.07) is 2.81. The van der Waals surface area contributed by atoms with Crippen LogP contribution in [0.5, 0.6) is 5.75 Å². The van der Waals surface area contributed by atoms with Gasteiger partial charge in [0.05, 0.1) is 12.2 Å². The number of carbonyl (C=O) groups is 2. The number of fused-ring (bicyclic) bond motifs is 1. The molecule has 0 aromatic heterocycles. The second-order valence-corrected chi connectivity index (χ2v) is 7.76. The van der Waals surface area contributed by atoms with Crippen molar-refractivity contribution < 1.29 is 22.7 Å². The first kappa shape index (κ1) is 18.7. The fourth-order valence-electron chi connectivity index (χ4n) is 2.20. The summed E-state index contributed by atoms with van der Waals surface area (Å²) in [5.41, 5.74) is 0.392. The van der Waals surface area contributed by atoms with Crippen LogP contribution < -0.4 is 15.4 Å². The summed E-state index contributed by atoms with van der Waals surface area (Å²) in [5, 5.41) is 5.18. The second kappa shape index (κ2) is 7.49. The summed E-state index contributed by atoms with van der Waals surface area (Å²) < 4.78 is 32.3. The second-order valence-electron chi connectivity index (χ2n) is 5.00. The highest BCUT2D eigenvalue weighted by atomic mass is 79.9. The average Bonchev–Trinajstić information content (AvgIpc) is 2.51. The lowest BCUT2D eigenvalue weighted by atomic mass is 10.2. The molecule has 1 aromatic carbocycles. The van der Waals surface area contributed by atoms with Crippen molar-refractivity contribution in [1.82, 2.24) is 9.62 Å². The molecule has 10 heteroatoms. The molecule has 0 saturated heterocycles. The molecular weight excluding hydrogens is 402 g/mol. The van der Waals surface area contributed by atoms with Crippen LogP contribution in [0.2, 0.25) is 0 Å². The Labute approximate surface area is 148 Å². The van der Waals surface area contributed by atoms with E-state index in [0.717, 1.165) is 4.31 Å². The molecule has 0 spiro atoms. The zero-order valence-corrected chi connectivity index (χ0v) is 15.7. The molecule has 0 fully saturated rings. The van der Waals surface area contributed by atoms with Gasteiger partial charge in [0.1, 0.15) is 10.6 Å². The molecule has 0 unspecified atom stereocenters. The van der Waals surface area contributed by atoms with Crippen molar-refractivity contribution in [3.8, 4) is 5.75 Å². The number of likely N-dealkylation sites (N-methyl/N-ethyl adjacent to an activating group) is 2. The van der Waals surface area contributed by atoms with E-state index in [9.17, 15) is 18.0 Å². The van der Waals surface area contributed by atoms with Crippen molar-refractivity contribution in [3.05, 3.63) is 16.6 Å². The minimum Gasteiger partial charge on any atom is -0.482 e. The lowest BCUT2D eigenvalue weighted by Gasteiger charge is -2.23. The maximum absolute atomic E-state index is 12.8. The number of rotatable bonds is 6. The Balaban J connectivity index is 2.37. The first-order valence-electron chi connectivity index (χ1n) is 7.32. The van der Waals surface area contributed by atoms with Crippen LogP contribution in [0.15, 0.2) is 21.5 Å². The van der Waals surface area contributed by atoms with Gasteiger partial charge in [0, 0.05) is 23.6 Å². The van der Waals surface area contributed by atoms with Gasteiger partial charge in [-0.15, -0.1) is 0 Å². The van der Waals surface area contributed by atoms with Crippen LogP contribution in [-0.2, 0) is 19.6 Å². The highest BCUT2D eigenvalue weighted by molar-refractivity contribution is 9.10. The monoisotopic (exact) mass is 419 g/mol. The zero-order chi connectivity index (χ0) is 17.9. The van der Waals surface area contributed by atoms with Gasteiger partial charge < -0.3 is 15.4 Å². The van der Waals surface area contributed by atoms with Crippen LogP contribution in [0, 0.1) is 0 Å². The van der Waals surface area contributed by atoms with E-state index in [1.807, 2.05) is 0 Å². The Morgan fingerprint density at radius 3 is 2.75 bits per heavy atom. The Hall–Kier alpha value is -1.65. The molecule has 132 valence electrons. The van der Waals surface area contributed by atoms with Crippen LogP contribution in [0.25, 0.3) is 0 Å². The molecule has 2 rings (SSSR count). The number of benzene rings is 1. The summed E-state index contributed by atoms with van der Waals surface area (Å²) in [5.74, 6) is -0.414. The number of ether oxygens (including phenoxy) is 1. The third-order valence-electron chi connectivity index (χ3n) is 3.33. The smallest absolute Gasteiger partial charge is 0.262 e. The van der Waals surface area contributed by atoms with E-state index in [-0.39, 0.29) is 46.6 Å². The minimum atomic E-state index is -3.91. The van der Waals surface area contributed by atoms with Crippen LogP contribution in [0.3, 0.4) is 0 Å². The van der Waals surface area contributed by atoms with E-state index >= 15 is 0 Å². The van der Waals surface area contributed by atoms with Crippen LogP contribution in [0.1, 0.15) is 13.8 Å². The SMILES string of the molecule is CCNC(=O)CN(CC)S(=O)(=O)c1cc2c(cc1Br)NC(=O)CO2. The molecule has 0 atom stereocenters. The van der Waals surface area contributed by atoms with Crippen LogP contribution in [0.4, 0.5) is 5.69 Å². The topological polar surface area (TPSA) is 105 Å². The third kappa shape index (κ3) is 3.87. The lowest BCUT2D eigenvalue weighted by molar-refractivity contribution is -0.121. The van der Waals surface area contributed by atoms with Gasteiger partial charge in [0.2, 0.25) is 15.9 Å². The Kier molecular flexibility index (Phi) is 5.83. The fourth-order valence-corrected chi connectivity index (χ4v) is 4.62. The molecule has 0 aliphatic carbocycles. The lowest BCUT2D eigenvalue weighted by Crippen LogP contribution is -2.40. The Morgan fingerprint density at radius 2 is 2.12 bits per heavy atom. The molecule has 8 nitrogen and oxygen atoms in total. The molecule has 1 aromatic rings. The van der Waals surface area contributed by atoms with Crippen LogP contribution in [-0.4, -0.2) is 50.8 Å². The first-order chi connectivity index (χ1) is 11.3. The number of sulfonamides is 1. The van der Waals surface area contributed by atoms with Crippen molar-refractivity contribution in [1.29, 1.82) is 0 Å². The van der Waals surface area contributed by atoms with E-state index in [2.05, 4.69) is 26.6 Å². The Bertz CT molecular complexity index is 766. The molecule has 1 aliphatic heterocycles. The number of hydrogen-bond acceptors (Lipinski definition) is 5. The van der Waals surface area contributed by atoms with E-state index in [4.69, 9.17) is 4.74 Å². The standard InChI is InChI=1S/C14H18BrN3O5S/c1-3-16-13(19)7-18(4-2)24(21,22)12-6-11-10(5-9(12)15)17-14(20)8-23-11/h5-6H,3-4,7-8H2,1-2H3,(H,16,19)(H,17,20). The number of nitrogens with one attached hydrogen (secondary N) is 2. The number of nitrogens with zero attached hydrogens (tertiary/aromatic N) is 1. The van der Waals surface area contributed by atoms with Gasteiger partial charge in [-0.2, -0.15) is 4.31 Å².